The molecule has 0 radical (unpaired) electrons. The van der Waals surface area contributed by atoms with Crippen LogP contribution in [0.15, 0.2) is 0 Å². The molecule has 1 fully saturated rings. The van der Waals surface area contributed by atoms with Gasteiger partial charge in [0, 0.05) is 0 Å². The zero-order valence-corrected chi connectivity index (χ0v) is 5.34. The molecule has 0 aromatic heterocycles. The van der Waals surface area contributed by atoms with Gasteiger partial charge < -0.3 is 25.8 Å². The molecule has 1 aliphatic heterocycles. The summed E-state index contributed by atoms with van der Waals surface area (Å²) >= 11 is 0. The first-order valence-corrected chi connectivity index (χ1v) is 3.04. The quantitative estimate of drug-likeness (QED) is 0.302. The van der Waals surface area contributed by atoms with Gasteiger partial charge in [-0.1, -0.05) is 0 Å². The standard InChI is InChI=1S/C5H11NO4/c6-5-4(9)3(8)2(7)1-10-5/h2-5,7-9H,1,6H2/t2-,3+,4-,5-/m0/s1. The number of aliphatic hydroxyl groups is 3. The largest absolute Gasteiger partial charge is 0.388 e. The van der Waals surface area contributed by atoms with Crippen LogP contribution < -0.4 is 5.73 Å². The molecule has 0 spiro atoms. The second kappa shape index (κ2) is 2.81. The highest BCUT2D eigenvalue weighted by molar-refractivity contribution is 4.83. The molecule has 0 amide bonds. The first kappa shape index (κ1) is 7.90. The molecule has 5 nitrogen and oxygen atoms in total. The molecule has 0 aromatic carbocycles. The Morgan fingerprint density at radius 3 is 2.30 bits per heavy atom. The van der Waals surface area contributed by atoms with E-state index in [4.69, 9.17) is 25.8 Å². The zero-order chi connectivity index (χ0) is 7.72. The van der Waals surface area contributed by atoms with E-state index in [1.54, 1.807) is 0 Å². The summed E-state index contributed by atoms with van der Waals surface area (Å²) in [6.45, 7) is -0.0284. The maximum atomic E-state index is 8.96. The van der Waals surface area contributed by atoms with Gasteiger partial charge in [0.05, 0.1) is 6.61 Å². The minimum Gasteiger partial charge on any atom is -0.388 e. The van der Waals surface area contributed by atoms with Crippen molar-refractivity contribution in [3.63, 3.8) is 0 Å². The lowest BCUT2D eigenvalue weighted by molar-refractivity contribution is -0.184. The van der Waals surface area contributed by atoms with Crippen molar-refractivity contribution in [1.82, 2.24) is 0 Å². The van der Waals surface area contributed by atoms with E-state index in [9.17, 15) is 0 Å². The summed E-state index contributed by atoms with van der Waals surface area (Å²) < 4.78 is 4.69. The van der Waals surface area contributed by atoms with Crippen LogP contribution in [0.5, 0.6) is 0 Å². The van der Waals surface area contributed by atoms with Crippen LogP contribution >= 0.6 is 0 Å². The summed E-state index contributed by atoms with van der Waals surface area (Å²) in [5.74, 6) is 0. The third kappa shape index (κ3) is 1.28. The monoisotopic (exact) mass is 149 g/mol. The van der Waals surface area contributed by atoms with Crippen molar-refractivity contribution >= 4 is 0 Å². The number of hydrogen-bond donors (Lipinski definition) is 4. The molecular weight excluding hydrogens is 138 g/mol. The van der Waals surface area contributed by atoms with Crippen molar-refractivity contribution in [3.8, 4) is 0 Å². The van der Waals surface area contributed by atoms with Crippen molar-refractivity contribution in [2.75, 3.05) is 6.61 Å². The molecule has 5 N–H and O–H groups in total. The second-order valence-electron chi connectivity index (χ2n) is 2.35. The van der Waals surface area contributed by atoms with Crippen LogP contribution in [0.1, 0.15) is 0 Å². The van der Waals surface area contributed by atoms with Gasteiger partial charge in [-0.2, -0.15) is 0 Å². The molecule has 1 heterocycles. The first-order valence-electron chi connectivity index (χ1n) is 3.04. The van der Waals surface area contributed by atoms with E-state index in [0.29, 0.717) is 0 Å². The molecule has 10 heavy (non-hydrogen) atoms. The molecule has 0 aliphatic carbocycles. The smallest absolute Gasteiger partial charge is 0.134 e. The van der Waals surface area contributed by atoms with Gasteiger partial charge in [-0.05, 0) is 0 Å². The third-order valence-corrected chi connectivity index (χ3v) is 1.54. The van der Waals surface area contributed by atoms with Gasteiger partial charge in [-0.25, -0.2) is 0 Å². The average Bonchev–Trinajstić information content (AvgIpc) is 1.93. The minimum absolute atomic E-state index is 0.0284. The van der Waals surface area contributed by atoms with Gasteiger partial charge in [0.1, 0.15) is 24.5 Å². The Balaban J connectivity index is 2.52. The molecule has 0 aromatic rings. The van der Waals surface area contributed by atoms with Crippen LogP contribution in [-0.4, -0.2) is 46.5 Å². The molecule has 60 valence electrons. The van der Waals surface area contributed by atoms with Crippen LogP contribution in [0.3, 0.4) is 0 Å². The van der Waals surface area contributed by atoms with E-state index < -0.39 is 24.5 Å². The number of ether oxygens (including phenoxy) is 1. The summed E-state index contributed by atoms with van der Waals surface area (Å²) in [5.41, 5.74) is 5.19. The Morgan fingerprint density at radius 2 is 1.80 bits per heavy atom. The Bertz CT molecular complexity index is 106. The van der Waals surface area contributed by atoms with Crippen LogP contribution in [0.2, 0.25) is 0 Å². The summed E-state index contributed by atoms with van der Waals surface area (Å²) in [6.07, 6.45) is -4.30. The van der Waals surface area contributed by atoms with E-state index in [1.165, 1.54) is 0 Å². The Morgan fingerprint density at radius 1 is 1.20 bits per heavy atom. The van der Waals surface area contributed by atoms with Crippen molar-refractivity contribution in [2.24, 2.45) is 5.73 Å². The average molecular weight is 149 g/mol. The van der Waals surface area contributed by atoms with Gasteiger partial charge >= 0.3 is 0 Å². The lowest BCUT2D eigenvalue weighted by Crippen LogP contribution is -2.56. The molecule has 0 bridgehead atoms. The highest BCUT2D eigenvalue weighted by Gasteiger charge is 2.35. The first-order chi connectivity index (χ1) is 4.63. The molecule has 5 heteroatoms. The molecule has 0 unspecified atom stereocenters. The van der Waals surface area contributed by atoms with Crippen LogP contribution in [0.4, 0.5) is 0 Å². The molecule has 1 aliphatic rings. The fourth-order valence-electron chi connectivity index (χ4n) is 0.829. The Kier molecular flexibility index (Phi) is 2.22. The number of rotatable bonds is 0. The maximum Gasteiger partial charge on any atom is 0.134 e. The fourth-order valence-corrected chi connectivity index (χ4v) is 0.829. The topological polar surface area (TPSA) is 95.9 Å². The summed E-state index contributed by atoms with van der Waals surface area (Å²) in [4.78, 5) is 0. The van der Waals surface area contributed by atoms with Gasteiger partial charge in [0.25, 0.3) is 0 Å². The summed E-state index contributed by atoms with van der Waals surface area (Å²) in [6, 6.07) is 0. The van der Waals surface area contributed by atoms with Crippen molar-refractivity contribution in [2.45, 2.75) is 24.5 Å². The Hall–Kier alpha value is -0.200. The second-order valence-corrected chi connectivity index (χ2v) is 2.35. The van der Waals surface area contributed by atoms with Crippen molar-refractivity contribution in [1.29, 1.82) is 0 Å². The van der Waals surface area contributed by atoms with Gasteiger partial charge in [0.15, 0.2) is 0 Å². The predicted octanol–water partition coefficient (Wildman–Crippen LogP) is -2.62. The van der Waals surface area contributed by atoms with Crippen molar-refractivity contribution < 1.29 is 20.1 Å². The van der Waals surface area contributed by atoms with Crippen LogP contribution in [-0.2, 0) is 4.74 Å². The normalized spacial score (nSPS) is 49.2. The molecular formula is C5H11NO4. The highest BCUT2D eigenvalue weighted by Crippen LogP contribution is 2.11. The van der Waals surface area contributed by atoms with Gasteiger partial charge in [0.2, 0.25) is 0 Å². The maximum absolute atomic E-state index is 8.96. The lowest BCUT2D eigenvalue weighted by atomic mass is 10.1. The summed E-state index contributed by atoms with van der Waals surface area (Å²) in [7, 11) is 0. The van der Waals surface area contributed by atoms with E-state index >= 15 is 0 Å². The summed E-state index contributed by atoms with van der Waals surface area (Å²) in [5, 5.41) is 26.8. The number of hydrogen-bond acceptors (Lipinski definition) is 5. The van der Waals surface area contributed by atoms with E-state index in [1.807, 2.05) is 0 Å². The number of nitrogens with two attached hydrogens (primary N) is 1. The van der Waals surface area contributed by atoms with Crippen molar-refractivity contribution in [3.05, 3.63) is 0 Å². The van der Waals surface area contributed by atoms with Crippen LogP contribution in [0.25, 0.3) is 0 Å². The molecule has 1 saturated heterocycles. The SMILES string of the molecule is N[C@H]1OC[C@H](O)[C@@H](O)[C@@H]1O. The predicted molar refractivity (Wildman–Crippen MR) is 31.9 cm³/mol. The molecule has 1 rings (SSSR count). The van der Waals surface area contributed by atoms with E-state index in [0.717, 1.165) is 0 Å². The Labute approximate surface area is 58.0 Å². The molecule has 4 atom stereocenters. The van der Waals surface area contributed by atoms with Gasteiger partial charge in [-0.15, -0.1) is 0 Å². The third-order valence-electron chi connectivity index (χ3n) is 1.54. The van der Waals surface area contributed by atoms with E-state index in [2.05, 4.69) is 0 Å². The lowest BCUT2D eigenvalue weighted by Gasteiger charge is -2.32. The minimum atomic E-state index is -1.19. The molecule has 0 saturated carbocycles. The van der Waals surface area contributed by atoms with Gasteiger partial charge in [-0.3, -0.25) is 0 Å². The van der Waals surface area contributed by atoms with E-state index in [-0.39, 0.29) is 6.61 Å². The number of aliphatic hydroxyl groups excluding tert-OH is 3. The fraction of sp³-hybridized carbons (Fsp3) is 1.00. The highest BCUT2D eigenvalue weighted by atomic mass is 16.5. The van der Waals surface area contributed by atoms with Crippen LogP contribution in [0, 0.1) is 0 Å². The zero-order valence-electron chi connectivity index (χ0n) is 5.34.